The number of nitrogens with zero attached hydrogens (tertiary/aromatic N) is 3. The number of fused-ring (bicyclic) bond motifs is 1. The highest BCUT2D eigenvalue weighted by atomic mass is 32.2. The second-order valence-electron chi connectivity index (χ2n) is 7.97. The molecule has 0 aliphatic rings. The third kappa shape index (κ3) is 5.37. The Morgan fingerprint density at radius 3 is 2.41 bits per heavy atom. The molecule has 32 heavy (non-hydrogen) atoms. The lowest BCUT2D eigenvalue weighted by atomic mass is 10.1. The van der Waals surface area contributed by atoms with Gasteiger partial charge in [0.15, 0.2) is 5.13 Å². The number of pyridine rings is 1. The predicted octanol–water partition coefficient (Wildman–Crippen LogP) is 6.72. The normalized spacial score (nSPS) is 11.1. The molecular formula is C26H27N3OS2. The van der Waals surface area contributed by atoms with Gasteiger partial charge in [0.2, 0.25) is 5.91 Å². The van der Waals surface area contributed by atoms with E-state index in [2.05, 4.69) is 62.2 Å². The predicted molar refractivity (Wildman–Crippen MR) is 136 cm³/mol. The van der Waals surface area contributed by atoms with Crippen LogP contribution in [0.5, 0.6) is 0 Å². The molecule has 164 valence electrons. The second kappa shape index (κ2) is 10.3. The molecule has 4 rings (SSSR count). The van der Waals surface area contributed by atoms with Gasteiger partial charge >= 0.3 is 0 Å². The highest BCUT2D eigenvalue weighted by Crippen LogP contribution is 2.34. The average Bonchev–Trinajstić information content (AvgIpc) is 3.26. The SMILES string of the molecule is Cc1ccc(SCCCC(=O)N(Cc2ccncc2)c2nc3c(C)ccc(C)c3s2)cc1. The molecule has 2 aromatic heterocycles. The smallest absolute Gasteiger partial charge is 0.229 e. The number of hydrogen-bond donors (Lipinski definition) is 0. The van der Waals surface area contributed by atoms with Crippen LogP contribution in [0, 0.1) is 20.8 Å². The third-order valence-electron chi connectivity index (χ3n) is 5.38. The first-order valence-corrected chi connectivity index (χ1v) is 12.6. The van der Waals surface area contributed by atoms with Gasteiger partial charge in [0.25, 0.3) is 0 Å². The van der Waals surface area contributed by atoms with Gasteiger partial charge in [-0.05, 0) is 73.9 Å². The first-order valence-electron chi connectivity index (χ1n) is 10.8. The molecule has 0 saturated carbocycles. The molecule has 2 aromatic carbocycles. The minimum Gasteiger partial charge on any atom is -0.284 e. The summed E-state index contributed by atoms with van der Waals surface area (Å²) in [6, 6.07) is 16.7. The van der Waals surface area contributed by atoms with E-state index in [1.54, 1.807) is 35.5 Å². The maximum absolute atomic E-state index is 13.3. The number of thioether (sulfide) groups is 1. The van der Waals surface area contributed by atoms with Gasteiger partial charge in [-0.1, -0.05) is 41.2 Å². The Labute approximate surface area is 197 Å². The van der Waals surface area contributed by atoms with E-state index in [4.69, 9.17) is 4.98 Å². The number of anilines is 1. The summed E-state index contributed by atoms with van der Waals surface area (Å²) >= 11 is 3.40. The molecule has 0 atom stereocenters. The molecule has 0 unspecified atom stereocenters. The summed E-state index contributed by atoms with van der Waals surface area (Å²) in [7, 11) is 0. The van der Waals surface area contributed by atoms with Gasteiger partial charge in [-0.3, -0.25) is 14.7 Å². The van der Waals surface area contributed by atoms with Crippen LogP contribution in [0.25, 0.3) is 10.2 Å². The van der Waals surface area contributed by atoms with Gasteiger partial charge in [-0.25, -0.2) is 4.98 Å². The van der Waals surface area contributed by atoms with Gasteiger partial charge in [-0.2, -0.15) is 0 Å². The standard InChI is InChI=1S/C26H27N3OS2/c1-18-6-10-22(11-7-18)31-16-4-5-23(30)29(17-21-12-14-27-15-13-21)26-28-24-19(2)8-9-20(3)25(24)32-26/h6-15H,4-5,16-17H2,1-3H3. The van der Waals surface area contributed by atoms with Gasteiger partial charge < -0.3 is 0 Å². The number of thiazole rings is 1. The molecule has 2 heterocycles. The first-order chi connectivity index (χ1) is 15.5. The average molecular weight is 462 g/mol. The summed E-state index contributed by atoms with van der Waals surface area (Å²) in [5, 5.41) is 0.769. The summed E-state index contributed by atoms with van der Waals surface area (Å²) in [4.78, 5) is 25.4. The molecule has 0 N–H and O–H groups in total. The van der Waals surface area contributed by atoms with Crippen LogP contribution in [0.4, 0.5) is 5.13 Å². The van der Waals surface area contributed by atoms with E-state index in [0.29, 0.717) is 13.0 Å². The number of hydrogen-bond acceptors (Lipinski definition) is 5. The van der Waals surface area contributed by atoms with Crippen molar-refractivity contribution in [3.63, 3.8) is 0 Å². The topological polar surface area (TPSA) is 46.1 Å². The van der Waals surface area contributed by atoms with E-state index >= 15 is 0 Å². The zero-order valence-corrected chi connectivity index (χ0v) is 20.3. The van der Waals surface area contributed by atoms with Crippen molar-refractivity contribution >= 4 is 44.4 Å². The molecule has 0 spiro atoms. The second-order valence-corrected chi connectivity index (χ2v) is 10.1. The zero-order chi connectivity index (χ0) is 22.5. The van der Waals surface area contributed by atoms with Crippen LogP contribution in [-0.4, -0.2) is 21.6 Å². The zero-order valence-electron chi connectivity index (χ0n) is 18.7. The van der Waals surface area contributed by atoms with Crippen molar-refractivity contribution in [3.05, 3.63) is 83.2 Å². The van der Waals surface area contributed by atoms with Gasteiger partial charge in [0, 0.05) is 23.7 Å². The fraction of sp³-hybridized carbons (Fsp3) is 0.269. The number of benzene rings is 2. The summed E-state index contributed by atoms with van der Waals surface area (Å²) in [6.45, 7) is 6.77. The molecule has 0 bridgehead atoms. The van der Waals surface area contributed by atoms with Crippen molar-refractivity contribution < 1.29 is 4.79 Å². The molecule has 4 nitrogen and oxygen atoms in total. The molecule has 1 amide bonds. The number of carbonyl (C=O) groups is 1. The lowest BCUT2D eigenvalue weighted by Crippen LogP contribution is -2.30. The third-order valence-corrected chi connectivity index (χ3v) is 7.69. The Bertz CT molecular complexity index is 1160. The molecule has 4 aromatic rings. The Hall–Kier alpha value is -2.70. The van der Waals surface area contributed by atoms with Crippen LogP contribution < -0.4 is 4.90 Å². The Morgan fingerprint density at radius 2 is 1.69 bits per heavy atom. The molecule has 0 radical (unpaired) electrons. The number of aryl methyl sites for hydroxylation is 3. The monoisotopic (exact) mass is 461 g/mol. The Balaban J connectivity index is 1.50. The van der Waals surface area contributed by atoms with Crippen LogP contribution in [0.3, 0.4) is 0 Å². The van der Waals surface area contributed by atoms with Crippen LogP contribution >= 0.6 is 23.1 Å². The molecule has 0 saturated heterocycles. The molecular weight excluding hydrogens is 434 g/mol. The quantitative estimate of drug-likeness (QED) is 0.216. The highest BCUT2D eigenvalue weighted by molar-refractivity contribution is 7.99. The minimum atomic E-state index is 0.112. The summed E-state index contributed by atoms with van der Waals surface area (Å²) in [6.07, 6.45) is 4.86. The van der Waals surface area contributed by atoms with E-state index < -0.39 is 0 Å². The Morgan fingerprint density at radius 1 is 0.969 bits per heavy atom. The summed E-state index contributed by atoms with van der Waals surface area (Å²) < 4.78 is 1.16. The largest absolute Gasteiger partial charge is 0.284 e. The highest BCUT2D eigenvalue weighted by Gasteiger charge is 2.21. The van der Waals surface area contributed by atoms with Crippen molar-refractivity contribution in [1.29, 1.82) is 0 Å². The van der Waals surface area contributed by atoms with Crippen molar-refractivity contribution in [2.45, 2.75) is 45.1 Å². The number of amides is 1. The molecule has 0 aliphatic carbocycles. The van der Waals surface area contributed by atoms with Crippen LogP contribution in [-0.2, 0) is 11.3 Å². The molecule has 0 aliphatic heterocycles. The van der Waals surface area contributed by atoms with Gasteiger partial charge in [0.05, 0.1) is 16.8 Å². The van der Waals surface area contributed by atoms with Crippen molar-refractivity contribution in [2.75, 3.05) is 10.7 Å². The van der Waals surface area contributed by atoms with Crippen molar-refractivity contribution in [2.24, 2.45) is 0 Å². The lowest BCUT2D eigenvalue weighted by Gasteiger charge is -2.20. The maximum Gasteiger partial charge on any atom is 0.229 e. The van der Waals surface area contributed by atoms with Crippen LogP contribution in [0.1, 0.15) is 35.1 Å². The fourth-order valence-electron chi connectivity index (χ4n) is 3.48. The minimum absolute atomic E-state index is 0.112. The van der Waals surface area contributed by atoms with Gasteiger partial charge in [-0.15, -0.1) is 11.8 Å². The number of aromatic nitrogens is 2. The van der Waals surface area contributed by atoms with Crippen LogP contribution in [0.2, 0.25) is 0 Å². The van der Waals surface area contributed by atoms with E-state index in [0.717, 1.165) is 38.6 Å². The first kappa shape index (κ1) is 22.5. The fourth-order valence-corrected chi connectivity index (χ4v) is 5.46. The van der Waals surface area contributed by atoms with E-state index in [9.17, 15) is 4.79 Å². The lowest BCUT2D eigenvalue weighted by molar-refractivity contribution is -0.118. The number of carbonyl (C=O) groups excluding carboxylic acids is 1. The summed E-state index contributed by atoms with van der Waals surface area (Å²) in [5.74, 6) is 1.02. The van der Waals surface area contributed by atoms with E-state index in [-0.39, 0.29) is 5.91 Å². The number of rotatable bonds is 8. The Kier molecular flexibility index (Phi) is 7.22. The van der Waals surface area contributed by atoms with Gasteiger partial charge in [0.1, 0.15) is 0 Å². The van der Waals surface area contributed by atoms with E-state index in [1.807, 2.05) is 17.0 Å². The maximum atomic E-state index is 13.3. The molecule has 6 heteroatoms. The van der Waals surface area contributed by atoms with Crippen LogP contribution in [0.15, 0.2) is 65.8 Å². The van der Waals surface area contributed by atoms with Crippen molar-refractivity contribution in [3.8, 4) is 0 Å². The van der Waals surface area contributed by atoms with Crippen molar-refractivity contribution in [1.82, 2.24) is 9.97 Å². The molecule has 0 fully saturated rings. The summed E-state index contributed by atoms with van der Waals surface area (Å²) in [5.41, 5.74) is 5.64. The van der Waals surface area contributed by atoms with E-state index in [1.165, 1.54) is 16.0 Å².